The molecule has 0 saturated heterocycles. The van der Waals surface area contributed by atoms with Gasteiger partial charge >= 0.3 is 5.97 Å². The maximum atomic E-state index is 12.0. The van der Waals surface area contributed by atoms with Crippen molar-refractivity contribution in [2.24, 2.45) is 0 Å². The molecule has 5 heteroatoms. The number of esters is 1. The summed E-state index contributed by atoms with van der Waals surface area (Å²) < 4.78 is 7.35. The molecule has 0 saturated carbocycles. The molecule has 0 aliphatic rings. The number of ether oxygens (including phenoxy) is 1. The number of aromatic nitrogens is 2. The molecule has 5 nitrogen and oxygen atoms in total. The molecule has 1 heterocycles. The summed E-state index contributed by atoms with van der Waals surface area (Å²) in [5.74, 6) is -0.292. The number of carbonyl (C=O) groups is 1. The molecule has 1 aromatic heterocycles. The predicted octanol–water partition coefficient (Wildman–Crippen LogP) is 4.12. The number of rotatable bonds is 6. The van der Waals surface area contributed by atoms with E-state index < -0.39 is 5.60 Å². The van der Waals surface area contributed by atoms with Crippen molar-refractivity contribution < 1.29 is 9.53 Å². The maximum Gasteiger partial charge on any atom is 0.338 e. The van der Waals surface area contributed by atoms with E-state index in [2.05, 4.69) is 34.6 Å². The van der Waals surface area contributed by atoms with E-state index in [1.807, 2.05) is 55.8 Å². The summed E-state index contributed by atoms with van der Waals surface area (Å²) in [6, 6.07) is 15.9. The zero-order valence-electron chi connectivity index (χ0n) is 16.0. The van der Waals surface area contributed by atoms with Crippen LogP contribution in [-0.4, -0.2) is 21.1 Å². The molecule has 0 fully saturated rings. The molecule has 0 atom stereocenters. The lowest BCUT2D eigenvalue weighted by Crippen LogP contribution is -2.23. The first-order valence-corrected chi connectivity index (χ1v) is 9.01. The average molecular weight is 363 g/mol. The van der Waals surface area contributed by atoms with Crippen LogP contribution in [-0.2, 0) is 17.8 Å². The number of nitrogens with zero attached hydrogens (tertiary/aromatic N) is 2. The van der Waals surface area contributed by atoms with Crippen LogP contribution in [0.4, 0.5) is 0 Å². The summed E-state index contributed by atoms with van der Waals surface area (Å²) in [6.45, 7) is 7.11. The Bertz CT molecular complexity index is 861. The number of hydrogen-bond acceptors (Lipinski definition) is 4. The van der Waals surface area contributed by atoms with Crippen molar-refractivity contribution in [1.29, 1.82) is 0 Å². The Balaban J connectivity index is 1.49. The molecule has 0 aliphatic heterocycles. The quantitative estimate of drug-likeness (QED) is 0.670. The van der Waals surface area contributed by atoms with Crippen LogP contribution < -0.4 is 5.32 Å². The minimum absolute atomic E-state index is 0.292. The SMILES string of the molecule is CC(C)(C)OC(=O)c1ccc(CNCc2ccc(-n3ccnc3)cc2)cc1. The molecule has 0 amide bonds. The van der Waals surface area contributed by atoms with E-state index in [-0.39, 0.29) is 5.97 Å². The first-order valence-electron chi connectivity index (χ1n) is 9.01. The van der Waals surface area contributed by atoms with Gasteiger partial charge in [0.25, 0.3) is 0 Å². The van der Waals surface area contributed by atoms with Gasteiger partial charge in [-0.15, -0.1) is 0 Å². The van der Waals surface area contributed by atoms with Gasteiger partial charge in [-0.2, -0.15) is 0 Å². The monoisotopic (exact) mass is 363 g/mol. The van der Waals surface area contributed by atoms with E-state index in [1.165, 1.54) is 5.56 Å². The zero-order valence-corrected chi connectivity index (χ0v) is 16.0. The highest BCUT2D eigenvalue weighted by Crippen LogP contribution is 2.13. The molecule has 0 unspecified atom stereocenters. The summed E-state index contributed by atoms with van der Waals surface area (Å²) in [4.78, 5) is 16.1. The molecule has 0 bridgehead atoms. The summed E-state index contributed by atoms with van der Waals surface area (Å²) in [5.41, 5.74) is 3.52. The largest absolute Gasteiger partial charge is 0.456 e. The van der Waals surface area contributed by atoms with E-state index in [1.54, 1.807) is 12.5 Å². The van der Waals surface area contributed by atoms with Crippen LogP contribution in [0, 0.1) is 0 Å². The molecule has 3 rings (SSSR count). The number of hydrogen-bond donors (Lipinski definition) is 1. The van der Waals surface area contributed by atoms with Gasteiger partial charge in [-0.25, -0.2) is 9.78 Å². The number of carbonyl (C=O) groups excluding carboxylic acids is 1. The lowest BCUT2D eigenvalue weighted by molar-refractivity contribution is 0.00695. The van der Waals surface area contributed by atoms with Gasteiger partial charge in [-0.3, -0.25) is 0 Å². The van der Waals surface area contributed by atoms with Crippen LogP contribution in [0.3, 0.4) is 0 Å². The second-order valence-electron chi connectivity index (χ2n) is 7.44. The Hall–Kier alpha value is -2.92. The van der Waals surface area contributed by atoms with Crippen LogP contribution in [0.5, 0.6) is 0 Å². The second kappa shape index (κ2) is 8.18. The first kappa shape index (κ1) is 18.9. The zero-order chi connectivity index (χ0) is 19.3. The van der Waals surface area contributed by atoms with Crippen LogP contribution in [0.2, 0.25) is 0 Å². The first-order chi connectivity index (χ1) is 12.9. The number of imidazole rings is 1. The fourth-order valence-corrected chi connectivity index (χ4v) is 2.64. The van der Waals surface area contributed by atoms with Gasteiger partial charge < -0.3 is 14.6 Å². The third-order valence-electron chi connectivity index (χ3n) is 3.99. The van der Waals surface area contributed by atoms with Crippen LogP contribution in [0.15, 0.2) is 67.3 Å². The van der Waals surface area contributed by atoms with E-state index in [0.717, 1.165) is 24.3 Å². The summed E-state index contributed by atoms with van der Waals surface area (Å²) in [7, 11) is 0. The van der Waals surface area contributed by atoms with E-state index in [9.17, 15) is 4.79 Å². The van der Waals surface area contributed by atoms with Gasteiger partial charge in [0.15, 0.2) is 0 Å². The van der Waals surface area contributed by atoms with E-state index in [0.29, 0.717) is 5.56 Å². The highest BCUT2D eigenvalue weighted by atomic mass is 16.6. The topological polar surface area (TPSA) is 56.1 Å². The van der Waals surface area contributed by atoms with Gasteiger partial charge in [0, 0.05) is 31.2 Å². The van der Waals surface area contributed by atoms with Crippen LogP contribution in [0.1, 0.15) is 42.3 Å². The fourth-order valence-electron chi connectivity index (χ4n) is 2.64. The van der Waals surface area contributed by atoms with Crippen molar-refractivity contribution in [3.63, 3.8) is 0 Å². The number of benzene rings is 2. The Morgan fingerprint density at radius 1 is 1.00 bits per heavy atom. The smallest absolute Gasteiger partial charge is 0.338 e. The van der Waals surface area contributed by atoms with Crippen molar-refractivity contribution in [1.82, 2.24) is 14.9 Å². The second-order valence-corrected chi connectivity index (χ2v) is 7.44. The van der Waals surface area contributed by atoms with Gasteiger partial charge in [-0.05, 0) is 56.2 Å². The third-order valence-corrected chi connectivity index (χ3v) is 3.99. The maximum absolute atomic E-state index is 12.0. The van der Waals surface area contributed by atoms with Crippen LogP contribution >= 0.6 is 0 Å². The molecule has 2 aromatic carbocycles. The molecule has 0 radical (unpaired) electrons. The number of nitrogens with one attached hydrogen (secondary N) is 1. The van der Waals surface area contributed by atoms with Crippen molar-refractivity contribution >= 4 is 5.97 Å². The summed E-state index contributed by atoms with van der Waals surface area (Å²) in [6.07, 6.45) is 5.48. The van der Waals surface area contributed by atoms with Crippen LogP contribution in [0.25, 0.3) is 5.69 Å². The van der Waals surface area contributed by atoms with E-state index in [4.69, 9.17) is 4.74 Å². The predicted molar refractivity (Wildman–Crippen MR) is 106 cm³/mol. The van der Waals surface area contributed by atoms with Crippen molar-refractivity contribution in [2.75, 3.05) is 0 Å². The van der Waals surface area contributed by atoms with Gasteiger partial charge in [0.05, 0.1) is 11.9 Å². The lowest BCUT2D eigenvalue weighted by atomic mass is 10.1. The van der Waals surface area contributed by atoms with Crippen molar-refractivity contribution in [2.45, 2.75) is 39.5 Å². The minimum atomic E-state index is -0.481. The molecule has 3 aromatic rings. The molecule has 140 valence electrons. The third kappa shape index (κ3) is 5.53. The van der Waals surface area contributed by atoms with Gasteiger partial charge in [0.2, 0.25) is 0 Å². The molecule has 0 spiro atoms. The Morgan fingerprint density at radius 2 is 1.59 bits per heavy atom. The highest BCUT2D eigenvalue weighted by molar-refractivity contribution is 5.89. The fraction of sp³-hybridized carbons (Fsp3) is 0.273. The Labute approximate surface area is 160 Å². The molecule has 0 aliphatic carbocycles. The van der Waals surface area contributed by atoms with E-state index >= 15 is 0 Å². The van der Waals surface area contributed by atoms with Gasteiger partial charge in [0.1, 0.15) is 5.60 Å². The molecular formula is C22H25N3O2. The summed E-state index contributed by atoms with van der Waals surface area (Å²) in [5, 5.41) is 3.42. The van der Waals surface area contributed by atoms with Crippen molar-refractivity contribution in [3.05, 3.63) is 83.9 Å². The molecule has 1 N–H and O–H groups in total. The molecular weight excluding hydrogens is 338 g/mol. The minimum Gasteiger partial charge on any atom is -0.456 e. The summed E-state index contributed by atoms with van der Waals surface area (Å²) >= 11 is 0. The average Bonchev–Trinajstić information content (AvgIpc) is 3.16. The lowest BCUT2D eigenvalue weighted by Gasteiger charge is -2.19. The highest BCUT2D eigenvalue weighted by Gasteiger charge is 2.17. The molecule has 27 heavy (non-hydrogen) atoms. The normalized spacial score (nSPS) is 11.4. The Morgan fingerprint density at radius 3 is 2.11 bits per heavy atom. The standard InChI is InChI=1S/C22H25N3O2/c1-22(2,3)27-21(26)19-8-4-17(5-9-19)14-24-15-18-6-10-20(11-7-18)25-13-12-23-16-25/h4-13,16,24H,14-15H2,1-3H3. The Kier molecular flexibility index (Phi) is 5.72. The van der Waals surface area contributed by atoms with Crippen molar-refractivity contribution in [3.8, 4) is 5.69 Å². The van der Waals surface area contributed by atoms with Gasteiger partial charge in [-0.1, -0.05) is 24.3 Å².